The summed E-state index contributed by atoms with van der Waals surface area (Å²) in [5.74, 6) is 0.538. The van der Waals surface area contributed by atoms with E-state index in [0.717, 1.165) is 19.6 Å². The van der Waals surface area contributed by atoms with Crippen molar-refractivity contribution in [2.75, 3.05) is 19.6 Å². The molecule has 1 N–H and O–H groups in total. The van der Waals surface area contributed by atoms with Gasteiger partial charge in [-0.2, -0.15) is 0 Å². The zero-order chi connectivity index (χ0) is 14.0. The number of rotatable bonds is 3. The largest absolute Gasteiger partial charge is 0.433 e. The van der Waals surface area contributed by atoms with E-state index >= 15 is 0 Å². The fourth-order valence-corrected chi connectivity index (χ4v) is 3.57. The van der Waals surface area contributed by atoms with Crippen LogP contribution in [-0.2, 0) is 6.54 Å². The predicted molar refractivity (Wildman–Crippen MR) is 74.5 cm³/mol. The molecule has 0 aromatic carbocycles. The number of furan rings is 1. The van der Waals surface area contributed by atoms with Crippen molar-refractivity contribution >= 4 is 5.88 Å². The predicted octanol–water partition coefficient (Wildman–Crippen LogP) is 2.30. The Morgan fingerprint density at radius 3 is 2.85 bits per heavy atom. The summed E-state index contributed by atoms with van der Waals surface area (Å²) in [7, 11) is 0. The molecule has 0 unspecified atom stereocenters. The van der Waals surface area contributed by atoms with Crippen molar-refractivity contribution in [1.82, 2.24) is 10.2 Å². The summed E-state index contributed by atoms with van der Waals surface area (Å²) in [5, 5.41) is 14.2. The third-order valence-electron chi connectivity index (χ3n) is 4.64. The van der Waals surface area contributed by atoms with E-state index in [4.69, 9.17) is 4.42 Å². The van der Waals surface area contributed by atoms with E-state index < -0.39 is 4.92 Å². The Morgan fingerprint density at radius 1 is 1.35 bits per heavy atom. The van der Waals surface area contributed by atoms with Crippen molar-refractivity contribution in [3.05, 3.63) is 28.0 Å². The van der Waals surface area contributed by atoms with Gasteiger partial charge in [0.25, 0.3) is 0 Å². The van der Waals surface area contributed by atoms with E-state index in [1.807, 2.05) is 0 Å². The van der Waals surface area contributed by atoms with Crippen molar-refractivity contribution in [2.45, 2.75) is 44.2 Å². The molecule has 2 heterocycles. The molecule has 0 atom stereocenters. The standard InChI is InChI=1S/C14H21N3O3/c18-17(19)13-5-4-12(20-13)10-16-9-8-15-11-14(16)6-2-1-3-7-14/h4-5,15H,1-3,6-11H2. The topological polar surface area (TPSA) is 71.6 Å². The van der Waals surface area contributed by atoms with Crippen molar-refractivity contribution < 1.29 is 9.34 Å². The summed E-state index contributed by atoms with van der Waals surface area (Å²) in [4.78, 5) is 12.7. The maximum Gasteiger partial charge on any atom is 0.433 e. The second-order valence-electron chi connectivity index (χ2n) is 5.88. The van der Waals surface area contributed by atoms with Gasteiger partial charge < -0.3 is 9.73 Å². The van der Waals surface area contributed by atoms with Gasteiger partial charge in [0.2, 0.25) is 0 Å². The molecule has 1 aliphatic heterocycles. The van der Waals surface area contributed by atoms with E-state index in [9.17, 15) is 10.1 Å². The average molecular weight is 279 g/mol. The summed E-state index contributed by atoms with van der Waals surface area (Å²) < 4.78 is 5.32. The lowest BCUT2D eigenvalue weighted by Crippen LogP contribution is -2.61. The lowest BCUT2D eigenvalue weighted by Gasteiger charge is -2.49. The van der Waals surface area contributed by atoms with Crippen LogP contribution >= 0.6 is 0 Å². The Balaban J connectivity index is 1.74. The molecule has 0 bridgehead atoms. The first kappa shape index (κ1) is 13.6. The molecule has 2 aliphatic rings. The molecular weight excluding hydrogens is 258 g/mol. The number of piperazine rings is 1. The molecule has 1 spiro atoms. The van der Waals surface area contributed by atoms with Crippen LogP contribution in [0.5, 0.6) is 0 Å². The third kappa shape index (κ3) is 2.58. The third-order valence-corrected chi connectivity index (χ3v) is 4.64. The molecule has 6 nitrogen and oxygen atoms in total. The second-order valence-corrected chi connectivity index (χ2v) is 5.88. The van der Waals surface area contributed by atoms with Gasteiger partial charge in [0.05, 0.1) is 12.6 Å². The first-order valence-corrected chi connectivity index (χ1v) is 7.39. The average Bonchev–Trinajstić information content (AvgIpc) is 2.91. The minimum Gasteiger partial charge on any atom is -0.404 e. The lowest BCUT2D eigenvalue weighted by atomic mass is 9.79. The van der Waals surface area contributed by atoms with E-state index in [1.165, 1.54) is 38.2 Å². The van der Waals surface area contributed by atoms with Gasteiger partial charge in [0.15, 0.2) is 0 Å². The number of hydrogen-bond acceptors (Lipinski definition) is 5. The van der Waals surface area contributed by atoms with Crippen LogP contribution in [0.3, 0.4) is 0 Å². The second kappa shape index (κ2) is 5.54. The summed E-state index contributed by atoms with van der Waals surface area (Å²) in [6.07, 6.45) is 6.29. The number of nitrogens with one attached hydrogen (secondary N) is 1. The quantitative estimate of drug-likeness (QED) is 0.679. The van der Waals surface area contributed by atoms with Crippen LogP contribution in [0.4, 0.5) is 5.88 Å². The normalized spacial score (nSPS) is 23.0. The highest BCUT2D eigenvalue weighted by molar-refractivity contribution is 5.18. The Kier molecular flexibility index (Phi) is 3.76. The van der Waals surface area contributed by atoms with Crippen LogP contribution in [-0.4, -0.2) is 35.0 Å². The fourth-order valence-electron chi connectivity index (χ4n) is 3.57. The van der Waals surface area contributed by atoms with Gasteiger partial charge in [0, 0.05) is 25.2 Å². The molecule has 1 aromatic rings. The van der Waals surface area contributed by atoms with Crippen LogP contribution in [0.25, 0.3) is 0 Å². The highest BCUT2D eigenvalue weighted by Gasteiger charge is 2.39. The van der Waals surface area contributed by atoms with Gasteiger partial charge in [-0.25, -0.2) is 0 Å². The fraction of sp³-hybridized carbons (Fsp3) is 0.714. The first-order valence-electron chi connectivity index (χ1n) is 7.39. The number of nitrogens with zero attached hydrogens (tertiary/aromatic N) is 2. The van der Waals surface area contributed by atoms with Crippen LogP contribution < -0.4 is 5.32 Å². The Hall–Kier alpha value is -1.40. The summed E-state index contributed by atoms with van der Waals surface area (Å²) in [5.41, 5.74) is 0.220. The van der Waals surface area contributed by atoms with Gasteiger partial charge >= 0.3 is 5.88 Å². The van der Waals surface area contributed by atoms with Gasteiger partial charge in [-0.3, -0.25) is 15.0 Å². The maximum absolute atomic E-state index is 10.7. The van der Waals surface area contributed by atoms with Gasteiger partial charge in [-0.05, 0) is 18.9 Å². The lowest BCUT2D eigenvalue weighted by molar-refractivity contribution is -0.402. The van der Waals surface area contributed by atoms with Crippen molar-refractivity contribution in [2.24, 2.45) is 0 Å². The van der Waals surface area contributed by atoms with Crippen molar-refractivity contribution in [3.63, 3.8) is 0 Å². The van der Waals surface area contributed by atoms with Gasteiger partial charge in [-0.15, -0.1) is 0 Å². The molecule has 0 radical (unpaired) electrons. The highest BCUT2D eigenvalue weighted by atomic mass is 16.6. The van der Waals surface area contributed by atoms with Gasteiger partial charge in [0.1, 0.15) is 10.7 Å². The summed E-state index contributed by atoms with van der Waals surface area (Å²) in [6, 6.07) is 3.18. The van der Waals surface area contributed by atoms with E-state index in [1.54, 1.807) is 6.07 Å². The van der Waals surface area contributed by atoms with E-state index in [-0.39, 0.29) is 11.4 Å². The SMILES string of the molecule is O=[N+]([O-])c1ccc(CN2CCNCC23CCCCC3)o1. The summed E-state index contributed by atoms with van der Waals surface area (Å²) >= 11 is 0. The van der Waals surface area contributed by atoms with Crippen LogP contribution in [0.15, 0.2) is 16.5 Å². The van der Waals surface area contributed by atoms with Crippen LogP contribution in [0.1, 0.15) is 37.9 Å². The molecule has 1 saturated heterocycles. The molecule has 2 fully saturated rings. The molecule has 3 rings (SSSR count). The van der Waals surface area contributed by atoms with E-state index in [0.29, 0.717) is 12.3 Å². The zero-order valence-corrected chi connectivity index (χ0v) is 11.6. The molecule has 1 saturated carbocycles. The minimum atomic E-state index is -0.475. The Labute approximate surface area is 118 Å². The maximum atomic E-state index is 10.7. The zero-order valence-electron chi connectivity index (χ0n) is 11.6. The number of hydrogen-bond donors (Lipinski definition) is 1. The molecule has 1 aliphatic carbocycles. The van der Waals surface area contributed by atoms with E-state index in [2.05, 4.69) is 10.2 Å². The Morgan fingerprint density at radius 2 is 2.15 bits per heavy atom. The minimum absolute atomic E-state index is 0.159. The summed E-state index contributed by atoms with van der Waals surface area (Å²) in [6.45, 7) is 3.66. The first-order chi connectivity index (χ1) is 9.70. The van der Waals surface area contributed by atoms with Crippen molar-refractivity contribution in [1.29, 1.82) is 0 Å². The molecule has 0 amide bonds. The molecular formula is C14H21N3O3. The highest BCUT2D eigenvalue weighted by Crippen LogP contribution is 2.35. The van der Waals surface area contributed by atoms with Gasteiger partial charge in [-0.1, -0.05) is 19.3 Å². The molecule has 110 valence electrons. The number of nitro groups is 1. The molecule has 1 aromatic heterocycles. The molecule has 20 heavy (non-hydrogen) atoms. The van der Waals surface area contributed by atoms with Crippen LogP contribution in [0, 0.1) is 10.1 Å². The van der Waals surface area contributed by atoms with Crippen molar-refractivity contribution in [3.8, 4) is 0 Å². The Bertz CT molecular complexity index is 471. The smallest absolute Gasteiger partial charge is 0.404 e. The van der Waals surface area contributed by atoms with Crippen LogP contribution in [0.2, 0.25) is 0 Å². The monoisotopic (exact) mass is 279 g/mol. The molecule has 6 heteroatoms.